The molecule has 1 saturated heterocycles. The van der Waals surface area contributed by atoms with Gasteiger partial charge in [-0.15, -0.1) is 10.2 Å². The summed E-state index contributed by atoms with van der Waals surface area (Å²) in [6.07, 6.45) is 2.47. The molecule has 0 spiro atoms. The highest BCUT2D eigenvalue weighted by atomic mass is 32.1. The highest BCUT2D eigenvalue weighted by Crippen LogP contribution is 2.26. The first-order valence-corrected chi connectivity index (χ1v) is 7.75. The van der Waals surface area contributed by atoms with Gasteiger partial charge < -0.3 is 10.2 Å². The van der Waals surface area contributed by atoms with Crippen molar-refractivity contribution in [1.82, 2.24) is 20.1 Å². The molecule has 1 aliphatic heterocycles. The number of aromatic nitrogens is 3. The normalized spacial score (nSPS) is 20.0. The maximum Gasteiger partial charge on any atom is 0.211 e. The van der Waals surface area contributed by atoms with Gasteiger partial charge >= 0.3 is 0 Å². The molecule has 5 nitrogen and oxygen atoms in total. The Balaban J connectivity index is 1.75. The van der Waals surface area contributed by atoms with Gasteiger partial charge in [-0.25, -0.2) is 4.98 Å². The van der Waals surface area contributed by atoms with Crippen LogP contribution >= 0.6 is 11.3 Å². The van der Waals surface area contributed by atoms with Gasteiger partial charge in [-0.05, 0) is 45.5 Å². The molecule has 3 rings (SSSR count). The zero-order valence-corrected chi connectivity index (χ0v) is 12.7. The number of piperidine rings is 1. The van der Waals surface area contributed by atoms with Crippen LogP contribution in [0.15, 0.2) is 18.2 Å². The molecule has 0 aliphatic carbocycles. The van der Waals surface area contributed by atoms with Crippen molar-refractivity contribution in [3.8, 4) is 0 Å². The van der Waals surface area contributed by atoms with Gasteiger partial charge in [0.05, 0.1) is 0 Å². The van der Waals surface area contributed by atoms with Crippen LogP contribution in [0.1, 0.15) is 29.5 Å². The molecule has 6 heteroatoms. The van der Waals surface area contributed by atoms with Crippen LogP contribution in [0.5, 0.6) is 0 Å². The third-order valence-corrected chi connectivity index (χ3v) is 4.33. The molecular formula is C14H19N5S. The first-order valence-electron chi connectivity index (χ1n) is 6.93. The van der Waals surface area contributed by atoms with E-state index in [-0.39, 0.29) is 0 Å². The predicted molar refractivity (Wildman–Crippen MR) is 81.6 cm³/mol. The van der Waals surface area contributed by atoms with Gasteiger partial charge in [0.2, 0.25) is 5.13 Å². The summed E-state index contributed by atoms with van der Waals surface area (Å²) in [5.74, 6) is 1.39. The van der Waals surface area contributed by atoms with E-state index in [0.29, 0.717) is 5.92 Å². The molecule has 2 aromatic heterocycles. The van der Waals surface area contributed by atoms with Crippen LogP contribution in [0.25, 0.3) is 0 Å². The van der Waals surface area contributed by atoms with E-state index in [0.717, 1.165) is 22.5 Å². The van der Waals surface area contributed by atoms with Crippen LogP contribution < -0.4 is 5.32 Å². The lowest BCUT2D eigenvalue weighted by molar-refractivity contribution is 0.248. The Hall–Kier alpha value is -1.53. The SMILES string of the molecule is Cc1nnc(Nc2cccc([C@H]3CCCN(C)C3)n2)s1. The lowest BCUT2D eigenvalue weighted by Gasteiger charge is -2.29. The van der Waals surface area contributed by atoms with Crippen LogP contribution in [0, 0.1) is 6.92 Å². The quantitative estimate of drug-likeness (QED) is 0.941. The van der Waals surface area contributed by atoms with Crippen molar-refractivity contribution in [3.63, 3.8) is 0 Å². The van der Waals surface area contributed by atoms with Crippen molar-refractivity contribution >= 4 is 22.3 Å². The van der Waals surface area contributed by atoms with Crippen molar-refractivity contribution in [1.29, 1.82) is 0 Å². The van der Waals surface area contributed by atoms with Crippen molar-refractivity contribution in [2.45, 2.75) is 25.7 Å². The Kier molecular flexibility index (Phi) is 3.93. The number of aryl methyl sites for hydroxylation is 1. The maximum absolute atomic E-state index is 4.74. The number of hydrogen-bond donors (Lipinski definition) is 1. The van der Waals surface area contributed by atoms with E-state index in [9.17, 15) is 0 Å². The topological polar surface area (TPSA) is 53.9 Å². The van der Waals surface area contributed by atoms with E-state index < -0.39 is 0 Å². The smallest absolute Gasteiger partial charge is 0.211 e. The minimum atomic E-state index is 0.534. The summed E-state index contributed by atoms with van der Waals surface area (Å²) in [4.78, 5) is 7.12. The van der Waals surface area contributed by atoms with Crippen molar-refractivity contribution < 1.29 is 0 Å². The molecule has 0 saturated carbocycles. The first kappa shape index (κ1) is 13.5. The average molecular weight is 289 g/mol. The van der Waals surface area contributed by atoms with E-state index in [2.05, 4.69) is 39.6 Å². The highest BCUT2D eigenvalue weighted by Gasteiger charge is 2.20. The molecule has 20 heavy (non-hydrogen) atoms. The lowest BCUT2D eigenvalue weighted by Crippen LogP contribution is -2.31. The number of likely N-dealkylation sites (tertiary alicyclic amines) is 1. The van der Waals surface area contributed by atoms with Gasteiger partial charge in [-0.2, -0.15) is 0 Å². The Morgan fingerprint density at radius 3 is 3.00 bits per heavy atom. The number of rotatable bonds is 3. The second-order valence-corrected chi connectivity index (χ2v) is 6.48. The molecule has 1 fully saturated rings. The van der Waals surface area contributed by atoms with E-state index >= 15 is 0 Å². The van der Waals surface area contributed by atoms with Crippen LogP contribution in [0.3, 0.4) is 0 Å². The number of likely N-dealkylation sites (N-methyl/N-ethyl adjacent to an activating group) is 1. The molecule has 1 atom stereocenters. The second kappa shape index (κ2) is 5.85. The van der Waals surface area contributed by atoms with Gasteiger partial charge in [0.1, 0.15) is 10.8 Å². The number of pyridine rings is 1. The summed E-state index contributed by atoms with van der Waals surface area (Å²) in [7, 11) is 2.18. The standard InChI is InChI=1S/C14H19N5S/c1-10-17-18-14(20-10)16-13-7-3-6-12(15-13)11-5-4-8-19(2)9-11/h3,6-7,11H,4-5,8-9H2,1-2H3,(H,15,16,18)/t11-/m0/s1. The Labute approximate surface area is 123 Å². The summed E-state index contributed by atoms with van der Waals surface area (Å²) < 4.78 is 0. The molecule has 2 aromatic rings. The third kappa shape index (κ3) is 3.13. The Morgan fingerprint density at radius 1 is 1.35 bits per heavy atom. The molecule has 1 aliphatic rings. The molecule has 106 valence electrons. The molecule has 0 unspecified atom stereocenters. The molecule has 1 N–H and O–H groups in total. The van der Waals surface area contributed by atoms with Gasteiger partial charge in [-0.1, -0.05) is 17.4 Å². The molecule has 3 heterocycles. The van der Waals surface area contributed by atoms with E-state index in [1.165, 1.54) is 25.1 Å². The van der Waals surface area contributed by atoms with Gasteiger partial charge in [0.25, 0.3) is 0 Å². The monoisotopic (exact) mass is 289 g/mol. The van der Waals surface area contributed by atoms with E-state index in [1.54, 1.807) is 11.3 Å². The van der Waals surface area contributed by atoms with Crippen LogP contribution in [-0.4, -0.2) is 40.2 Å². The number of hydrogen-bond acceptors (Lipinski definition) is 6. The number of nitrogens with one attached hydrogen (secondary N) is 1. The molecule has 0 bridgehead atoms. The van der Waals surface area contributed by atoms with Crippen molar-refractivity contribution in [3.05, 3.63) is 28.9 Å². The minimum absolute atomic E-state index is 0.534. The van der Waals surface area contributed by atoms with Gasteiger partial charge in [0, 0.05) is 18.2 Å². The fourth-order valence-corrected chi connectivity index (χ4v) is 3.21. The molecular weight excluding hydrogens is 270 g/mol. The largest absolute Gasteiger partial charge is 0.315 e. The third-order valence-electron chi connectivity index (χ3n) is 3.57. The molecule has 0 amide bonds. The van der Waals surface area contributed by atoms with Crippen LogP contribution in [0.4, 0.5) is 10.9 Å². The Morgan fingerprint density at radius 2 is 2.25 bits per heavy atom. The summed E-state index contributed by atoms with van der Waals surface area (Å²) >= 11 is 1.54. The maximum atomic E-state index is 4.74. The van der Waals surface area contributed by atoms with Gasteiger partial charge in [-0.3, -0.25) is 0 Å². The summed E-state index contributed by atoms with van der Waals surface area (Å²) in [5.41, 5.74) is 1.17. The zero-order chi connectivity index (χ0) is 13.9. The average Bonchev–Trinajstić information content (AvgIpc) is 2.84. The second-order valence-electron chi connectivity index (χ2n) is 5.30. The Bertz CT molecular complexity index is 582. The summed E-state index contributed by atoms with van der Waals surface area (Å²) in [5, 5.41) is 13.1. The minimum Gasteiger partial charge on any atom is -0.315 e. The van der Waals surface area contributed by atoms with Crippen molar-refractivity contribution in [2.24, 2.45) is 0 Å². The number of anilines is 2. The highest BCUT2D eigenvalue weighted by molar-refractivity contribution is 7.15. The zero-order valence-electron chi connectivity index (χ0n) is 11.8. The van der Waals surface area contributed by atoms with Crippen LogP contribution in [0.2, 0.25) is 0 Å². The number of nitrogens with zero attached hydrogens (tertiary/aromatic N) is 4. The molecule has 0 radical (unpaired) electrons. The first-order chi connectivity index (χ1) is 9.70. The fourth-order valence-electron chi connectivity index (χ4n) is 2.61. The van der Waals surface area contributed by atoms with Gasteiger partial charge in [0.15, 0.2) is 0 Å². The van der Waals surface area contributed by atoms with Crippen LogP contribution in [-0.2, 0) is 0 Å². The van der Waals surface area contributed by atoms with E-state index in [4.69, 9.17) is 4.98 Å². The van der Waals surface area contributed by atoms with E-state index in [1.807, 2.05) is 13.0 Å². The predicted octanol–water partition coefficient (Wildman–Crippen LogP) is 2.79. The molecule has 0 aromatic carbocycles. The summed E-state index contributed by atoms with van der Waals surface area (Å²) in [6.45, 7) is 4.23. The lowest BCUT2D eigenvalue weighted by atomic mass is 9.95. The summed E-state index contributed by atoms with van der Waals surface area (Å²) in [6, 6.07) is 6.17. The van der Waals surface area contributed by atoms with Crippen molar-refractivity contribution in [2.75, 3.05) is 25.5 Å². The fraction of sp³-hybridized carbons (Fsp3) is 0.500.